The fourth-order valence-electron chi connectivity index (χ4n) is 2.23. The number of H-pyrrole nitrogens is 1. The maximum atomic E-state index is 5.62. The van der Waals surface area contributed by atoms with E-state index in [9.17, 15) is 0 Å². The summed E-state index contributed by atoms with van der Waals surface area (Å²) >= 11 is 0. The summed E-state index contributed by atoms with van der Waals surface area (Å²) in [4.78, 5) is 0. The molecule has 1 heterocycles. The number of nitrogens with zero attached hydrogens (tertiary/aromatic N) is 1. The Labute approximate surface area is 106 Å². The quantitative estimate of drug-likeness (QED) is 0.867. The summed E-state index contributed by atoms with van der Waals surface area (Å²) in [7, 11) is 1.79. The number of aryl methyl sites for hydroxylation is 1. The first-order chi connectivity index (χ1) is 8.73. The van der Waals surface area contributed by atoms with Crippen LogP contribution >= 0.6 is 0 Å². The fourth-order valence-corrected chi connectivity index (χ4v) is 2.23. The van der Waals surface area contributed by atoms with Gasteiger partial charge in [0.15, 0.2) is 0 Å². The van der Waals surface area contributed by atoms with Gasteiger partial charge >= 0.3 is 0 Å². The predicted molar refractivity (Wildman–Crippen MR) is 71.0 cm³/mol. The van der Waals surface area contributed by atoms with Crippen molar-refractivity contribution in [3.63, 3.8) is 0 Å². The van der Waals surface area contributed by atoms with E-state index in [-0.39, 0.29) is 5.60 Å². The number of hydrogen-bond donors (Lipinski definition) is 2. The van der Waals surface area contributed by atoms with Crippen LogP contribution in [0.25, 0.3) is 0 Å². The number of aromatic amines is 1. The van der Waals surface area contributed by atoms with E-state index in [1.807, 2.05) is 6.07 Å². The Morgan fingerprint density at radius 1 is 1.33 bits per heavy atom. The first kappa shape index (κ1) is 11.3. The Kier molecular flexibility index (Phi) is 2.59. The largest absolute Gasteiger partial charge is 0.374 e. The number of benzene rings is 1. The molecule has 4 heteroatoms. The summed E-state index contributed by atoms with van der Waals surface area (Å²) in [6.07, 6.45) is 3.95. The van der Waals surface area contributed by atoms with Crippen LogP contribution < -0.4 is 5.32 Å². The van der Waals surface area contributed by atoms with E-state index >= 15 is 0 Å². The molecule has 18 heavy (non-hydrogen) atoms. The summed E-state index contributed by atoms with van der Waals surface area (Å²) in [5, 5.41) is 10.2. The molecule has 4 nitrogen and oxygen atoms in total. The average Bonchev–Trinajstić information content (AvgIpc) is 3.02. The van der Waals surface area contributed by atoms with Crippen LogP contribution in [-0.2, 0) is 10.3 Å². The van der Waals surface area contributed by atoms with Crippen molar-refractivity contribution in [2.45, 2.75) is 25.4 Å². The van der Waals surface area contributed by atoms with Crippen LogP contribution in [0.4, 0.5) is 11.5 Å². The van der Waals surface area contributed by atoms with Crippen molar-refractivity contribution in [2.75, 3.05) is 12.4 Å². The second-order valence-electron chi connectivity index (χ2n) is 4.82. The van der Waals surface area contributed by atoms with E-state index in [0.717, 1.165) is 24.3 Å². The average molecular weight is 243 g/mol. The van der Waals surface area contributed by atoms with E-state index in [2.05, 4.69) is 40.6 Å². The van der Waals surface area contributed by atoms with E-state index in [1.54, 1.807) is 13.3 Å². The summed E-state index contributed by atoms with van der Waals surface area (Å²) < 4.78 is 5.62. The minimum absolute atomic E-state index is 0.0435. The van der Waals surface area contributed by atoms with E-state index in [4.69, 9.17) is 4.74 Å². The second kappa shape index (κ2) is 4.14. The molecule has 1 aliphatic rings. The number of hydrogen-bond acceptors (Lipinski definition) is 3. The maximum absolute atomic E-state index is 5.62. The first-order valence-electron chi connectivity index (χ1n) is 6.16. The first-order valence-corrected chi connectivity index (χ1v) is 6.16. The Morgan fingerprint density at radius 3 is 2.78 bits per heavy atom. The third-order valence-electron chi connectivity index (χ3n) is 3.63. The van der Waals surface area contributed by atoms with Crippen LogP contribution in [0, 0.1) is 6.92 Å². The van der Waals surface area contributed by atoms with Crippen LogP contribution in [0.5, 0.6) is 0 Å². The molecule has 0 atom stereocenters. The van der Waals surface area contributed by atoms with Gasteiger partial charge in [-0.15, -0.1) is 0 Å². The number of ether oxygens (including phenoxy) is 1. The normalized spacial score (nSPS) is 16.6. The molecule has 0 saturated heterocycles. The Bertz CT molecular complexity index is 544. The van der Waals surface area contributed by atoms with Gasteiger partial charge in [0.2, 0.25) is 0 Å². The van der Waals surface area contributed by atoms with E-state index in [0.29, 0.717) is 0 Å². The van der Waals surface area contributed by atoms with Gasteiger partial charge in [-0.3, -0.25) is 5.10 Å². The monoisotopic (exact) mass is 243 g/mol. The van der Waals surface area contributed by atoms with Crippen LogP contribution in [0.1, 0.15) is 24.0 Å². The molecule has 0 unspecified atom stereocenters. The Balaban J connectivity index is 1.91. The van der Waals surface area contributed by atoms with Gasteiger partial charge in [0, 0.05) is 18.9 Å². The molecule has 1 fully saturated rings. The number of methoxy groups -OCH3 is 1. The molecule has 0 aliphatic heterocycles. The molecule has 0 bridgehead atoms. The third-order valence-corrected chi connectivity index (χ3v) is 3.63. The lowest BCUT2D eigenvalue weighted by Gasteiger charge is -2.16. The predicted octanol–water partition coefficient (Wildman–Crippen LogP) is 3.10. The highest BCUT2D eigenvalue weighted by molar-refractivity contribution is 5.61. The molecule has 1 aliphatic carbocycles. The summed E-state index contributed by atoms with van der Waals surface area (Å²) in [6, 6.07) is 8.37. The summed E-state index contributed by atoms with van der Waals surface area (Å²) in [6.45, 7) is 2.09. The van der Waals surface area contributed by atoms with E-state index in [1.165, 1.54) is 11.1 Å². The minimum Gasteiger partial charge on any atom is -0.374 e. The highest BCUT2D eigenvalue weighted by Gasteiger charge is 2.44. The molecule has 0 amide bonds. The molecule has 2 aromatic rings. The van der Waals surface area contributed by atoms with Crippen molar-refractivity contribution in [1.82, 2.24) is 10.2 Å². The lowest BCUT2D eigenvalue weighted by Crippen LogP contribution is -2.09. The molecular formula is C14H17N3O. The molecule has 2 N–H and O–H groups in total. The summed E-state index contributed by atoms with van der Waals surface area (Å²) in [5.74, 6) is 0.900. The van der Waals surface area contributed by atoms with Crippen LogP contribution in [0.2, 0.25) is 0 Å². The Hall–Kier alpha value is -1.81. The summed E-state index contributed by atoms with van der Waals surface area (Å²) in [5.41, 5.74) is 3.51. The maximum Gasteiger partial charge on any atom is 0.125 e. The molecule has 3 rings (SSSR count). The minimum atomic E-state index is -0.0435. The van der Waals surface area contributed by atoms with Gasteiger partial charge in [-0.05, 0) is 37.0 Å². The van der Waals surface area contributed by atoms with Crippen molar-refractivity contribution < 1.29 is 4.74 Å². The molecule has 0 spiro atoms. The number of nitrogens with one attached hydrogen (secondary N) is 2. The highest BCUT2D eigenvalue weighted by atomic mass is 16.5. The highest BCUT2D eigenvalue weighted by Crippen LogP contribution is 2.49. The van der Waals surface area contributed by atoms with Gasteiger partial charge in [-0.2, -0.15) is 5.10 Å². The van der Waals surface area contributed by atoms with Gasteiger partial charge in [-0.1, -0.05) is 12.1 Å². The van der Waals surface area contributed by atoms with Crippen molar-refractivity contribution in [2.24, 2.45) is 0 Å². The standard InChI is InChI=1S/C14H17N3O/c1-10-3-4-11(14(18-2)6-7-14)9-12(10)16-13-5-8-15-17-13/h3-5,8-9H,6-7H2,1-2H3,(H2,15,16,17). The van der Waals surface area contributed by atoms with Crippen LogP contribution in [0.3, 0.4) is 0 Å². The topological polar surface area (TPSA) is 49.9 Å². The second-order valence-corrected chi connectivity index (χ2v) is 4.82. The SMILES string of the molecule is COC1(c2ccc(C)c(Nc3ccn[nH]3)c2)CC1. The zero-order valence-corrected chi connectivity index (χ0v) is 10.7. The Morgan fingerprint density at radius 2 is 2.17 bits per heavy atom. The number of anilines is 2. The van der Waals surface area contributed by atoms with Gasteiger partial charge < -0.3 is 10.1 Å². The van der Waals surface area contributed by atoms with Gasteiger partial charge in [0.1, 0.15) is 5.82 Å². The van der Waals surface area contributed by atoms with Crippen LogP contribution in [0.15, 0.2) is 30.5 Å². The zero-order chi connectivity index (χ0) is 12.6. The van der Waals surface area contributed by atoms with Gasteiger partial charge in [-0.25, -0.2) is 0 Å². The fraction of sp³-hybridized carbons (Fsp3) is 0.357. The van der Waals surface area contributed by atoms with Crippen molar-refractivity contribution in [1.29, 1.82) is 0 Å². The van der Waals surface area contributed by atoms with Crippen molar-refractivity contribution in [3.05, 3.63) is 41.6 Å². The lowest BCUT2D eigenvalue weighted by atomic mass is 10.0. The van der Waals surface area contributed by atoms with Crippen molar-refractivity contribution >= 4 is 11.5 Å². The molecule has 1 aromatic heterocycles. The number of aromatic nitrogens is 2. The van der Waals surface area contributed by atoms with Crippen molar-refractivity contribution in [3.8, 4) is 0 Å². The molecule has 1 aromatic carbocycles. The molecule has 1 saturated carbocycles. The lowest BCUT2D eigenvalue weighted by molar-refractivity contribution is 0.0789. The van der Waals surface area contributed by atoms with Gasteiger partial charge in [0.25, 0.3) is 0 Å². The number of rotatable bonds is 4. The van der Waals surface area contributed by atoms with Crippen LogP contribution in [-0.4, -0.2) is 17.3 Å². The molecule has 94 valence electrons. The third kappa shape index (κ3) is 1.88. The van der Waals surface area contributed by atoms with E-state index < -0.39 is 0 Å². The zero-order valence-electron chi connectivity index (χ0n) is 10.7. The smallest absolute Gasteiger partial charge is 0.125 e. The molecule has 0 radical (unpaired) electrons. The van der Waals surface area contributed by atoms with Gasteiger partial charge in [0.05, 0.1) is 11.8 Å². The molecular weight excluding hydrogens is 226 g/mol.